The molecule has 0 radical (unpaired) electrons. The van der Waals surface area contributed by atoms with Gasteiger partial charge >= 0.3 is 0 Å². The second-order valence-electron chi connectivity index (χ2n) is 8.23. The van der Waals surface area contributed by atoms with Gasteiger partial charge in [-0.1, -0.05) is 35.7 Å². The van der Waals surface area contributed by atoms with Gasteiger partial charge in [0.25, 0.3) is 0 Å². The molecule has 1 saturated carbocycles. The van der Waals surface area contributed by atoms with Crippen molar-refractivity contribution in [3.63, 3.8) is 0 Å². The Bertz CT molecular complexity index is 854. The summed E-state index contributed by atoms with van der Waals surface area (Å²) in [6, 6.07) is 6.49. The molecule has 28 heavy (non-hydrogen) atoms. The van der Waals surface area contributed by atoms with E-state index in [2.05, 4.69) is 42.3 Å². The SMILES string of the molecule is Cc1cc(C)cc(C2(C(=O)N3CCCC(C(=O)Nc4nccs4)C3)CCC2)c1. The van der Waals surface area contributed by atoms with Crippen LogP contribution < -0.4 is 5.32 Å². The molecule has 1 saturated heterocycles. The number of nitrogens with one attached hydrogen (secondary N) is 1. The summed E-state index contributed by atoms with van der Waals surface area (Å²) in [7, 11) is 0. The number of anilines is 1. The summed E-state index contributed by atoms with van der Waals surface area (Å²) >= 11 is 1.42. The van der Waals surface area contributed by atoms with Crippen LogP contribution in [0.3, 0.4) is 0 Å². The van der Waals surface area contributed by atoms with E-state index in [0.29, 0.717) is 11.7 Å². The molecule has 4 rings (SSSR count). The Morgan fingerprint density at radius 1 is 1.18 bits per heavy atom. The van der Waals surface area contributed by atoms with Gasteiger partial charge in [-0.2, -0.15) is 0 Å². The van der Waals surface area contributed by atoms with Crippen LogP contribution in [0.5, 0.6) is 0 Å². The molecular weight excluding hydrogens is 370 g/mol. The van der Waals surface area contributed by atoms with Crippen LogP contribution in [0.15, 0.2) is 29.8 Å². The quantitative estimate of drug-likeness (QED) is 0.846. The predicted molar refractivity (Wildman–Crippen MR) is 111 cm³/mol. The molecule has 5 nitrogen and oxygen atoms in total. The van der Waals surface area contributed by atoms with Gasteiger partial charge in [0.2, 0.25) is 11.8 Å². The number of aryl methyl sites for hydroxylation is 2. The summed E-state index contributed by atoms with van der Waals surface area (Å²) in [5.74, 6) is 0.00924. The zero-order valence-electron chi connectivity index (χ0n) is 16.5. The molecule has 1 atom stereocenters. The number of hydrogen-bond acceptors (Lipinski definition) is 4. The summed E-state index contributed by atoms with van der Waals surface area (Å²) in [6.45, 7) is 5.43. The zero-order valence-corrected chi connectivity index (χ0v) is 17.3. The van der Waals surface area contributed by atoms with Crippen molar-refractivity contribution in [2.75, 3.05) is 18.4 Å². The molecule has 2 amide bonds. The Labute approximate surface area is 170 Å². The fourth-order valence-corrected chi connectivity index (χ4v) is 5.11. The van der Waals surface area contributed by atoms with Crippen LogP contribution in [-0.4, -0.2) is 34.8 Å². The molecule has 2 fully saturated rings. The molecule has 1 unspecified atom stereocenters. The maximum Gasteiger partial charge on any atom is 0.233 e. The van der Waals surface area contributed by atoms with E-state index in [0.717, 1.165) is 44.2 Å². The van der Waals surface area contributed by atoms with E-state index < -0.39 is 5.41 Å². The molecule has 1 aliphatic carbocycles. The second kappa shape index (κ2) is 7.66. The van der Waals surface area contributed by atoms with Crippen molar-refractivity contribution < 1.29 is 9.59 Å². The van der Waals surface area contributed by atoms with E-state index in [1.165, 1.54) is 22.5 Å². The normalized spacial score (nSPS) is 21.1. The van der Waals surface area contributed by atoms with Crippen LogP contribution in [0, 0.1) is 19.8 Å². The molecule has 0 spiro atoms. The largest absolute Gasteiger partial charge is 0.341 e. The highest BCUT2D eigenvalue weighted by Crippen LogP contribution is 2.46. The van der Waals surface area contributed by atoms with E-state index in [1.54, 1.807) is 6.20 Å². The number of carbonyl (C=O) groups excluding carboxylic acids is 2. The standard InChI is InChI=1S/C22H27N3O2S/c1-15-11-16(2)13-18(12-15)22(6-4-7-22)20(27)25-9-3-5-17(14-25)19(26)24-21-23-8-10-28-21/h8,10-13,17H,3-7,9,14H2,1-2H3,(H,23,24,26). The third kappa shape index (κ3) is 3.58. The Morgan fingerprint density at radius 3 is 2.54 bits per heavy atom. The minimum absolute atomic E-state index is 0.0264. The fraction of sp³-hybridized carbons (Fsp3) is 0.500. The maximum absolute atomic E-state index is 13.6. The van der Waals surface area contributed by atoms with Gasteiger partial charge in [0.1, 0.15) is 0 Å². The Morgan fingerprint density at radius 2 is 1.93 bits per heavy atom. The van der Waals surface area contributed by atoms with Gasteiger partial charge in [-0.3, -0.25) is 9.59 Å². The summed E-state index contributed by atoms with van der Waals surface area (Å²) in [5.41, 5.74) is 3.15. The molecule has 2 aromatic rings. The number of likely N-dealkylation sites (tertiary alicyclic amines) is 1. The molecule has 1 N–H and O–H groups in total. The number of nitrogens with zero attached hydrogens (tertiary/aromatic N) is 2. The van der Waals surface area contributed by atoms with Crippen LogP contribution in [0.1, 0.15) is 48.8 Å². The number of rotatable bonds is 4. The number of benzene rings is 1. The first-order chi connectivity index (χ1) is 13.5. The van der Waals surface area contributed by atoms with Crippen molar-refractivity contribution in [1.29, 1.82) is 0 Å². The molecule has 1 aromatic heterocycles. The molecule has 2 heterocycles. The molecule has 2 aliphatic rings. The lowest BCUT2D eigenvalue weighted by Gasteiger charge is -2.46. The summed E-state index contributed by atoms with van der Waals surface area (Å²) in [6.07, 6.45) is 6.26. The highest BCUT2D eigenvalue weighted by atomic mass is 32.1. The predicted octanol–water partition coefficient (Wildman–Crippen LogP) is 4.06. The van der Waals surface area contributed by atoms with E-state index in [9.17, 15) is 9.59 Å². The van der Waals surface area contributed by atoms with Gasteiger partial charge in [0, 0.05) is 24.7 Å². The Kier molecular flexibility index (Phi) is 5.23. The van der Waals surface area contributed by atoms with Crippen LogP contribution >= 0.6 is 11.3 Å². The van der Waals surface area contributed by atoms with Crippen molar-refractivity contribution in [2.45, 2.75) is 51.4 Å². The Hall–Kier alpha value is -2.21. The van der Waals surface area contributed by atoms with Crippen molar-refractivity contribution in [3.05, 3.63) is 46.5 Å². The van der Waals surface area contributed by atoms with Gasteiger partial charge in [0.15, 0.2) is 5.13 Å². The molecular formula is C22H27N3O2S. The van der Waals surface area contributed by atoms with Crippen LogP contribution in [0.4, 0.5) is 5.13 Å². The van der Waals surface area contributed by atoms with Gasteiger partial charge in [-0.15, -0.1) is 11.3 Å². The lowest BCUT2D eigenvalue weighted by Crippen LogP contribution is -2.54. The zero-order chi connectivity index (χ0) is 19.7. The number of thiazole rings is 1. The third-order valence-corrected chi connectivity index (χ3v) is 6.82. The number of piperidine rings is 1. The van der Waals surface area contributed by atoms with Crippen molar-refractivity contribution >= 4 is 28.3 Å². The van der Waals surface area contributed by atoms with E-state index >= 15 is 0 Å². The van der Waals surface area contributed by atoms with Gasteiger partial charge in [0.05, 0.1) is 11.3 Å². The van der Waals surface area contributed by atoms with Crippen LogP contribution in [-0.2, 0) is 15.0 Å². The summed E-state index contributed by atoms with van der Waals surface area (Å²) in [4.78, 5) is 32.3. The number of amides is 2. The minimum atomic E-state index is -0.398. The maximum atomic E-state index is 13.6. The molecule has 0 bridgehead atoms. The highest BCUT2D eigenvalue weighted by Gasteiger charge is 2.48. The summed E-state index contributed by atoms with van der Waals surface area (Å²) in [5, 5.41) is 5.36. The van der Waals surface area contributed by atoms with Crippen molar-refractivity contribution in [2.24, 2.45) is 5.92 Å². The first kappa shape index (κ1) is 19.1. The number of carbonyl (C=O) groups is 2. The smallest absolute Gasteiger partial charge is 0.233 e. The fourth-order valence-electron chi connectivity index (χ4n) is 4.58. The molecule has 1 aromatic carbocycles. The van der Waals surface area contributed by atoms with Crippen LogP contribution in [0.25, 0.3) is 0 Å². The minimum Gasteiger partial charge on any atom is -0.341 e. The highest BCUT2D eigenvalue weighted by molar-refractivity contribution is 7.13. The van der Waals surface area contributed by atoms with Crippen molar-refractivity contribution in [1.82, 2.24) is 9.88 Å². The first-order valence-electron chi connectivity index (χ1n) is 10.1. The van der Waals surface area contributed by atoms with Crippen molar-refractivity contribution in [3.8, 4) is 0 Å². The van der Waals surface area contributed by atoms with Crippen LogP contribution in [0.2, 0.25) is 0 Å². The third-order valence-electron chi connectivity index (χ3n) is 6.13. The van der Waals surface area contributed by atoms with Gasteiger partial charge in [-0.05, 0) is 45.1 Å². The lowest BCUT2D eigenvalue weighted by atomic mass is 9.63. The average Bonchev–Trinajstić information content (AvgIpc) is 3.13. The molecule has 6 heteroatoms. The second-order valence-corrected chi connectivity index (χ2v) is 9.12. The van der Waals surface area contributed by atoms with Gasteiger partial charge in [-0.25, -0.2) is 4.98 Å². The first-order valence-corrected chi connectivity index (χ1v) is 10.9. The average molecular weight is 398 g/mol. The monoisotopic (exact) mass is 397 g/mol. The molecule has 1 aliphatic heterocycles. The van der Waals surface area contributed by atoms with E-state index in [1.807, 2.05) is 10.3 Å². The number of aromatic nitrogens is 1. The lowest BCUT2D eigenvalue weighted by molar-refractivity contribution is -0.143. The van der Waals surface area contributed by atoms with E-state index in [-0.39, 0.29) is 17.7 Å². The molecule has 148 valence electrons. The van der Waals surface area contributed by atoms with E-state index in [4.69, 9.17) is 0 Å². The summed E-state index contributed by atoms with van der Waals surface area (Å²) < 4.78 is 0. The number of hydrogen-bond donors (Lipinski definition) is 1. The Balaban J connectivity index is 1.51. The topological polar surface area (TPSA) is 62.3 Å². The van der Waals surface area contributed by atoms with Gasteiger partial charge < -0.3 is 10.2 Å².